The molecule has 0 N–H and O–H groups in total. The number of aryl methyl sites for hydroxylation is 1. The third-order valence-corrected chi connectivity index (χ3v) is 3.19. The summed E-state index contributed by atoms with van der Waals surface area (Å²) < 4.78 is 2.38. The molecule has 0 bridgehead atoms. The molecule has 0 atom stereocenters. The average Bonchev–Trinajstić information content (AvgIpc) is 2.68. The monoisotopic (exact) mass is 245 g/mol. The van der Waals surface area contributed by atoms with Crippen LogP contribution in [0.2, 0.25) is 0 Å². The Balaban J connectivity index is 2.30. The molecule has 18 heavy (non-hydrogen) atoms. The maximum absolute atomic E-state index is 4.76. The topological polar surface area (TPSA) is 21.1 Å². The van der Waals surface area contributed by atoms with Crippen LogP contribution in [0, 0.1) is 0 Å². The van der Waals surface area contributed by atoms with Gasteiger partial charge in [-0.2, -0.15) is 0 Å². The molecule has 0 fully saturated rings. The Morgan fingerprint density at radius 1 is 1.22 bits per heavy atom. The molecule has 0 aliphatic rings. The Hall–Kier alpha value is -1.35. The van der Waals surface area contributed by atoms with Crippen molar-refractivity contribution < 1.29 is 0 Å². The third kappa shape index (κ3) is 2.72. The van der Waals surface area contributed by atoms with E-state index in [0.717, 1.165) is 25.0 Å². The van der Waals surface area contributed by atoms with Crippen LogP contribution in [0.1, 0.15) is 32.0 Å². The number of aromatic nitrogens is 2. The fourth-order valence-corrected chi connectivity index (χ4v) is 2.31. The van der Waals surface area contributed by atoms with Gasteiger partial charge in [-0.3, -0.25) is 0 Å². The molecule has 1 aromatic heterocycles. The van der Waals surface area contributed by atoms with Crippen molar-refractivity contribution in [3.05, 3.63) is 30.1 Å². The van der Waals surface area contributed by atoms with Gasteiger partial charge in [-0.25, -0.2) is 4.98 Å². The number of hydrogen-bond donors (Lipinski definition) is 0. The first kappa shape index (κ1) is 13.1. The van der Waals surface area contributed by atoms with Gasteiger partial charge in [-0.15, -0.1) is 0 Å². The highest BCUT2D eigenvalue weighted by atomic mass is 15.1. The minimum absolute atomic E-state index is 0.469. The smallest absolute Gasteiger partial charge is 0.112 e. The summed E-state index contributed by atoms with van der Waals surface area (Å²) in [6, 6.07) is 8.42. The number of rotatable bonds is 5. The van der Waals surface area contributed by atoms with Crippen LogP contribution in [0.15, 0.2) is 24.3 Å². The van der Waals surface area contributed by atoms with Gasteiger partial charge < -0.3 is 9.47 Å². The molecule has 0 saturated heterocycles. The summed E-state index contributed by atoms with van der Waals surface area (Å²) in [5.41, 5.74) is 2.38. The predicted molar refractivity (Wildman–Crippen MR) is 77.0 cm³/mol. The summed E-state index contributed by atoms with van der Waals surface area (Å²) in [5, 5.41) is 0. The zero-order chi connectivity index (χ0) is 13.1. The maximum Gasteiger partial charge on any atom is 0.112 e. The van der Waals surface area contributed by atoms with E-state index in [4.69, 9.17) is 4.98 Å². The summed E-state index contributed by atoms with van der Waals surface area (Å²) in [5.74, 6) is 1.67. The Kier molecular flexibility index (Phi) is 4.02. The van der Waals surface area contributed by atoms with E-state index in [1.807, 2.05) is 0 Å². The fraction of sp³-hybridized carbons (Fsp3) is 0.533. The second kappa shape index (κ2) is 5.53. The lowest BCUT2D eigenvalue weighted by atomic mass is 10.2. The summed E-state index contributed by atoms with van der Waals surface area (Å²) in [6.45, 7) is 6.59. The lowest BCUT2D eigenvalue weighted by molar-refractivity contribution is 0.385. The number of fused-ring (bicyclic) bond motifs is 1. The molecule has 0 aliphatic heterocycles. The molecule has 0 unspecified atom stereocenters. The Morgan fingerprint density at radius 3 is 2.61 bits per heavy atom. The second-order valence-corrected chi connectivity index (χ2v) is 5.42. The molecular weight excluding hydrogens is 222 g/mol. The first-order valence-electron chi connectivity index (χ1n) is 6.69. The van der Waals surface area contributed by atoms with Gasteiger partial charge in [-0.1, -0.05) is 26.0 Å². The molecule has 3 nitrogen and oxygen atoms in total. The minimum atomic E-state index is 0.469. The number of imidazole rings is 1. The highest BCUT2D eigenvalue weighted by Gasteiger charge is 2.12. The van der Waals surface area contributed by atoms with Crippen molar-refractivity contribution >= 4 is 11.0 Å². The quantitative estimate of drug-likeness (QED) is 0.807. The number of para-hydroxylation sites is 2. The first-order valence-corrected chi connectivity index (χ1v) is 6.69. The standard InChI is InChI=1S/C15H23N3/c1-12(2)15-16-13-8-5-6-9-14(13)18(15)11-7-10-17(3)4/h5-6,8-9,12H,7,10-11H2,1-4H3. The Bertz CT molecular complexity index is 511. The molecule has 1 aromatic carbocycles. The zero-order valence-corrected chi connectivity index (χ0v) is 11.8. The van der Waals surface area contributed by atoms with E-state index < -0.39 is 0 Å². The van der Waals surface area contributed by atoms with Gasteiger partial charge in [0.05, 0.1) is 11.0 Å². The number of benzene rings is 1. The van der Waals surface area contributed by atoms with Crippen molar-refractivity contribution in [1.29, 1.82) is 0 Å². The van der Waals surface area contributed by atoms with E-state index in [0.29, 0.717) is 5.92 Å². The molecule has 0 saturated carbocycles. The van der Waals surface area contributed by atoms with Gasteiger partial charge in [0.2, 0.25) is 0 Å². The van der Waals surface area contributed by atoms with E-state index in [-0.39, 0.29) is 0 Å². The number of nitrogens with zero attached hydrogens (tertiary/aromatic N) is 3. The molecule has 0 aliphatic carbocycles. The molecule has 1 heterocycles. The molecule has 2 rings (SSSR count). The predicted octanol–water partition coefficient (Wildman–Crippen LogP) is 3.11. The summed E-state index contributed by atoms with van der Waals surface area (Å²) in [7, 11) is 4.24. The van der Waals surface area contributed by atoms with Crippen LogP contribution in [0.5, 0.6) is 0 Å². The largest absolute Gasteiger partial charge is 0.328 e. The van der Waals surface area contributed by atoms with Crippen molar-refractivity contribution in [3.8, 4) is 0 Å². The molecule has 0 spiro atoms. The highest BCUT2D eigenvalue weighted by molar-refractivity contribution is 5.76. The Morgan fingerprint density at radius 2 is 1.94 bits per heavy atom. The highest BCUT2D eigenvalue weighted by Crippen LogP contribution is 2.21. The fourth-order valence-electron chi connectivity index (χ4n) is 2.31. The molecule has 3 heteroatoms. The second-order valence-electron chi connectivity index (χ2n) is 5.42. The van der Waals surface area contributed by atoms with E-state index in [2.05, 4.69) is 61.7 Å². The van der Waals surface area contributed by atoms with Gasteiger partial charge in [0.1, 0.15) is 5.82 Å². The van der Waals surface area contributed by atoms with Gasteiger partial charge in [-0.05, 0) is 39.2 Å². The summed E-state index contributed by atoms with van der Waals surface area (Å²) in [4.78, 5) is 6.99. The van der Waals surface area contributed by atoms with E-state index in [1.54, 1.807) is 0 Å². The van der Waals surface area contributed by atoms with Gasteiger partial charge in [0.15, 0.2) is 0 Å². The molecule has 98 valence electrons. The van der Waals surface area contributed by atoms with Crippen LogP contribution < -0.4 is 0 Å². The lowest BCUT2D eigenvalue weighted by Crippen LogP contribution is -2.16. The molecule has 0 radical (unpaired) electrons. The third-order valence-electron chi connectivity index (χ3n) is 3.19. The van der Waals surface area contributed by atoms with E-state index in [1.165, 1.54) is 11.3 Å². The summed E-state index contributed by atoms with van der Waals surface area (Å²) >= 11 is 0. The van der Waals surface area contributed by atoms with Gasteiger partial charge in [0.25, 0.3) is 0 Å². The van der Waals surface area contributed by atoms with E-state index >= 15 is 0 Å². The van der Waals surface area contributed by atoms with Crippen LogP contribution >= 0.6 is 0 Å². The average molecular weight is 245 g/mol. The van der Waals surface area contributed by atoms with Crippen LogP contribution in [0.25, 0.3) is 11.0 Å². The normalized spacial score (nSPS) is 11.9. The molecule has 2 aromatic rings. The van der Waals surface area contributed by atoms with Crippen LogP contribution in [0.3, 0.4) is 0 Å². The van der Waals surface area contributed by atoms with E-state index in [9.17, 15) is 0 Å². The van der Waals surface area contributed by atoms with Crippen molar-refractivity contribution in [2.24, 2.45) is 0 Å². The van der Waals surface area contributed by atoms with Crippen LogP contribution in [-0.4, -0.2) is 35.1 Å². The van der Waals surface area contributed by atoms with Crippen LogP contribution in [-0.2, 0) is 6.54 Å². The molecule has 0 amide bonds. The van der Waals surface area contributed by atoms with Crippen LogP contribution in [0.4, 0.5) is 0 Å². The van der Waals surface area contributed by atoms with Gasteiger partial charge in [0, 0.05) is 12.5 Å². The first-order chi connectivity index (χ1) is 8.59. The Labute approximate surface area is 109 Å². The minimum Gasteiger partial charge on any atom is -0.328 e. The van der Waals surface area contributed by atoms with Crippen molar-refractivity contribution in [3.63, 3.8) is 0 Å². The van der Waals surface area contributed by atoms with Gasteiger partial charge >= 0.3 is 0 Å². The van der Waals surface area contributed by atoms with Crippen molar-refractivity contribution in [2.75, 3.05) is 20.6 Å². The van der Waals surface area contributed by atoms with Crippen molar-refractivity contribution in [1.82, 2.24) is 14.5 Å². The summed E-state index contributed by atoms with van der Waals surface area (Å²) in [6.07, 6.45) is 1.16. The maximum atomic E-state index is 4.76. The SMILES string of the molecule is CC(C)c1nc2ccccc2n1CCCN(C)C. The van der Waals surface area contributed by atoms with Crippen molar-refractivity contribution in [2.45, 2.75) is 32.7 Å². The lowest BCUT2D eigenvalue weighted by Gasteiger charge is -2.13. The molecular formula is C15H23N3. The number of hydrogen-bond acceptors (Lipinski definition) is 2. The zero-order valence-electron chi connectivity index (χ0n) is 11.8.